The number of likely N-dealkylation sites (tertiary alicyclic amines) is 1. The van der Waals surface area contributed by atoms with Crippen molar-refractivity contribution in [1.82, 2.24) is 45.9 Å². The number of piperidine rings is 1. The molecule has 4 aliphatic heterocycles. The first-order chi connectivity index (χ1) is 35.2. The van der Waals surface area contributed by atoms with Crippen LogP contribution in [-0.2, 0) is 39.9 Å². The third-order valence-corrected chi connectivity index (χ3v) is 14.4. The monoisotopic (exact) mass is 998 g/mol. The van der Waals surface area contributed by atoms with Gasteiger partial charge in [-0.05, 0) is 75.1 Å². The zero-order valence-corrected chi connectivity index (χ0v) is 43.4. The highest BCUT2D eigenvalue weighted by atomic mass is 16.6. The number of aromatic nitrogens is 3. The summed E-state index contributed by atoms with van der Waals surface area (Å²) in [5.41, 5.74) is 10.1. The number of nitrogens with one attached hydrogen (secondary N) is 3. The number of amides is 3. The summed E-state index contributed by atoms with van der Waals surface area (Å²) < 4.78 is 30.7. The van der Waals surface area contributed by atoms with E-state index in [1.807, 2.05) is 12.1 Å². The van der Waals surface area contributed by atoms with Gasteiger partial charge < -0.3 is 39.0 Å². The Balaban J connectivity index is 0.629. The van der Waals surface area contributed by atoms with Gasteiger partial charge in [0.2, 0.25) is 11.8 Å². The van der Waals surface area contributed by atoms with Crippen LogP contribution in [0.15, 0.2) is 66.5 Å². The molecule has 0 radical (unpaired) electrons. The van der Waals surface area contributed by atoms with Crippen molar-refractivity contribution in [2.45, 2.75) is 154 Å². The SMILES string of the molecule is Cc1nnc(C(C)C)n1C1CC2CCC(C1)N2CC[C@H](NC(=O)CCCCCCCCCCN1C=C(COCCOCCOCCOCCOCc2ccc(C(=O)N3CCC3=O)cc2)NN1)c1ccccc1. The van der Waals surface area contributed by atoms with Crippen molar-refractivity contribution < 1.29 is 38.1 Å². The van der Waals surface area contributed by atoms with Gasteiger partial charge in [0.05, 0.1) is 77.8 Å². The van der Waals surface area contributed by atoms with Gasteiger partial charge in [-0.25, -0.2) is 0 Å². The van der Waals surface area contributed by atoms with Gasteiger partial charge in [-0.1, -0.05) is 94.8 Å². The molecule has 3 aromatic rings. The zero-order valence-electron chi connectivity index (χ0n) is 43.4. The van der Waals surface area contributed by atoms with E-state index in [4.69, 9.17) is 23.7 Å². The van der Waals surface area contributed by atoms with Crippen LogP contribution in [-0.4, -0.2) is 138 Å². The Bertz CT molecular complexity index is 2110. The van der Waals surface area contributed by atoms with E-state index >= 15 is 0 Å². The third-order valence-electron chi connectivity index (χ3n) is 14.4. The number of hydrogen-bond acceptors (Lipinski definition) is 14. The van der Waals surface area contributed by atoms with Crippen molar-refractivity contribution in [2.75, 3.05) is 79.1 Å². The largest absolute Gasteiger partial charge is 0.377 e. The summed E-state index contributed by atoms with van der Waals surface area (Å²) >= 11 is 0. The van der Waals surface area contributed by atoms with Crippen LogP contribution in [0.3, 0.4) is 0 Å². The number of carbonyl (C=O) groups excluding carboxylic acids is 3. The number of β-lactam (4-membered cyclic amide) rings is 1. The quantitative estimate of drug-likeness (QED) is 0.0301. The number of carbonyl (C=O) groups is 3. The maximum absolute atomic E-state index is 13.3. The molecular formula is C55H83N9O8. The van der Waals surface area contributed by atoms with Crippen LogP contribution in [0.2, 0.25) is 0 Å². The van der Waals surface area contributed by atoms with Crippen LogP contribution in [0.25, 0.3) is 0 Å². The molecule has 4 aliphatic rings. The fraction of sp³-hybridized carbons (Fsp3) is 0.655. The summed E-state index contributed by atoms with van der Waals surface area (Å²) in [5, 5.41) is 14.5. The highest BCUT2D eigenvalue weighted by Gasteiger charge is 2.42. The van der Waals surface area contributed by atoms with Gasteiger partial charge in [0, 0.05) is 68.3 Å². The van der Waals surface area contributed by atoms with Crippen molar-refractivity contribution in [3.8, 4) is 0 Å². The molecular weight excluding hydrogens is 915 g/mol. The molecule has 0 spiro atoms. The van der Waals surface area contributed by atoms with E-state index in [1.165, 1.54) is 55.4 Å². The first-order valence-corrected chi connectivity index (χ1v) is 27.1. The molecule has 72 heavy (non-hydrogen) atoms. The molecule has 3 atom stereocenters. The predicted molar refractivity (Wildman–Crippen MR) is 275 cm³/mol. The molecule has 0 saturated carbocycles. The highest BCUT2D eigenvalue weighted by Crippen LogP contribution is 2.42. The smallest absolute Gasteiger partial charge is 0.260 e. The molecule has 2 bridgehead atoms. The maximum Gasteiger partial charge on any atom is 0.260 e. The summed E-state index contributed by atoms with van der Waals surface area (Å²) in [4.78, 5) is 41.1. The van der Waals surface area contributed by atoms with Crippen molar-refractivity contribution in [3.63, 3.8) is 0 Å². The average Bonchev–Trinajstić information content (AvgIpc) is 4.08. The molecule has 2 aromatic carbocycles. The second-order valence-corrected chi connectivity index (χ2v) is 20.1. The van der Waals surface area contributed by atoms with E-state index in [0.29, 0.717) is 115 Å². The number of hydrazine groups is 2. The van der Waals surface area contributed by atoms with Crippen LogP contribution in [0.4, 0.5) is 0 Å². The van der Waals surface area contributed by atoms with E-state index in [9.17, 15) is 14.4 Å². The standard InChI is InChI=1S/C55H83N9O8/c1-42(2)54-59-57-43(3)64(54)50-37-48-22-23-49(38-50)62(48)27-24-51(45-15-11-10-12-16-45)56-52(65)17-13-8-6-4-5-7-9-14-26-61-39-47(58-60-61)41-72-36-34-70-32-30-68-29-31-69-33-35-71-40-44-18-20-46(21-19-44)55(67)63-28-25-53(63)66/h10-12,15-16,18-21,39,42,48-51,58,60H,4-9,13-14,17,22-38,40-41H2,1-3H3,(H,56,65)/t48?,49?,50?,51-/m0/s1. The molecule has 396 valence electrons. The number of ether oxygens (including phenoxy) is 5. The molecule has 7 rings (SSSR count). The Hall–Kier alpha value is -4.75. The van der Waals surface area contributed by atoms with Gasteiger partial charge in [0.1, 0.15) is 11.6 Å². The van der Waals surface area contributed by atoms with Crippen molar-refractivity contribution >= 4 is 17.7 Å². The third kappa shape index (κ3) is 17.2. The minimum absolute atomic E-state index is 0.0306. The lowest BCUT2D eigenvalue weighted by molar-refractivity contribution is -0.136. The molecule has 17 nitrogen and oxygen atoms in total. The van der Waals surface area contributed by atoms with Crippen LogP contribution in [0.1, 0.15) is 161 Å². The Morgan fingerprint density at radius 1 is 0.722 bits per heavy atom. The van der Waals surface area contributed by atoms with E-state index in [-0.39, 0.29) is 23.8 Å². The summed E-state index contributed by atoms with van der Waals surface area (Å²) in [6.45, 7) is 13.7. The number of benzene rings is 2. The molecule has 3 amide bonds. The van der Waals surface area contributed by atoms with E-state index in [2.05, 4.69) is 98.3 Å². The maximum atomic E-state index is 13.3. The zero-order chi connectivity index (χ0) is 50.3. The van der Waals surface area contributed by atoms with Gasteiger partial charge in [-0.15, -0.1) is 15.7 Å². The average molecular weight is 998 g/mol. The van der Waals surface area contributed by atoms with Crippen LogP contribution in [0.5, 0.6) is 0 Å². The molecule has 3 fully saturated rings. The lowest BCUT2D eigenvalue weighted by Gasteiger charge is -2.40. The Morgan fingerprint density at radius 3 is 1.94 bits per heavy atom. The van der Waals surface area contributed by atoms with E-state index in [0.717, 1.165) is 74.5 Å². The van der Waals surface area contributed by atoms with Crippen molar-refractivity contribution in [1.29, 1.82) is 0 Å². The van der Waals surface area contributed by atoms with Crippen molar-refractivity contribution in [2.24, 2.45) is 0 Å². The Labute approximate surface area is 428 Å². The highest BCUT2D eigenvalue weighted by molar-refractivity contribution is 6.07. The van der Waals surface area contributed by atoms with Gasteiger partial charge in [0.25, 0.3) is 5.91 Å². The van der Waals surface area contributed by atoms with Crippen LogP contribution < -0.4 is 16.3 Å². The summed E-state index contributed by atoms with van der Waals surface area (Å²) in [6.07, 6.45) is 18.0. The topological polar surface area (TPSA) is 174 Å². The van der Waals surface area contributed by atoms with Crippen molar-refractivity contribution in [3.05, 3.63) is 94.8 Å². The lowest BCUT2D eigenvalue weighted by atomic mass is 9.95. The number of fused-ring (bicyclic) bond motifs is 2. The van der Waals surface area contributed by atoms with Gasteiger partial charge in [0.15, 0.2) is 0 Å². The molecule has 17 heteroatoms. The van der Waals surface area contributed by atoms with Gasteiger partial charge >= 0.3 is 0 Å². The first kappa shape index (κ1) is 55.0. The molecule has 2 unspecified atom stereocenters. The summed E-state index contributed by atoms with van der Waals surface area (Å²) in [5.74, 6) is 2.33. The molecule has 3 saturated heterocycles. The molecule has 3 N–H and O–H groups in total. The number of imide groups is 1. The predicted octanol–water partition coefficient (Wildman–Crippen LogP) is 7.46. The number of nitrogens with zero attached hydrogens (tertiary/aromatic N) is 6. The minimum Gasteiger partial charge on any atom is -0.377 e. The second-order valence-electron chi connectivity index (χ2n) is 20.1. The molecule has 0 aliphatic carbocycles. The van der Waals surface area contributed by atoms with E-state index in [1.54, 1.807) is 12.1 Å². The summed E-state index contributed by atoms with van der Waals surface area (Å²) in [7, 11) is 0. The van der Waals surface area contributed by atoms with Gasteiger partial charge in [-0.3, -0.25) is 29.2 Å². The van der Waals surface area contributed by atoms with Crippen LogP contribution in [0, 0.1) is 6.92 Å². The Kier molecular flexibility index (Phi) is 22.8. The summed E-state index contributed by atoms with van der Waals surface area (Å²) in [6, 6.07) is 19.3. The fourth-order valence-electron chi connectivity index (χ4n) is 10.4. The number of aryl methyl sites for hydroxylation is 1. The minimum atomic E-state index is -0.243. The number of unbranched alkanes of at least 4 members (excludes halogenated alkanes) is 7. The van der Waals surface area contributed by atoms with E-state index < -0.39 is 0 Å². The molecule has 5 heterocycles. The number of hydrogen-bond donors (Lipinski definition) is 3. The fourth-order valence-corrected chi connectivity index (χ4v) is 10.4. The van der Waals surface area contributed by atoms with Gasteiger partial charge in [-0.2, -0.15) is 0 Å². The van der Waals surface area contributed by atoms with Crippen LogP contribution >= 0.6 is 0 Å². The second kappa shape index (κ2) is 29.8. The lowest BCUT2D eigenvalue weighted by Crippen LogP contribution is -2.47. The Morgan fingerprint density at radius 2 is 1.33 bits per heavy atom. The normalized spacial score (nSPS) is 19.2. The first-order valence-electron chi connectivity index (χ1n) is 27.1. The molecule has 1 aromatic heterocycles. The number of rotatable bonds is 35.